The zero-order valence-electron chi connectivity index (χ0n) is 14.4. The third kappa shape index (κ3) is 3.98. The van der Waals surface area contributed by atoms with Gasteiger partial charge in [0.05, 0.1) is 0 Å². The molecule has 126 valence electrons. The number of carbonyl (C=O) groups is 2. The molecule has 1 N–H and O–H groups in total. The number of nitrogens with one attached hydrogen (secondary N) is 1. The summed E-state index contributed by atoms with van der Waals surface area (Å²) in [5.74, 6) is -0.407. The minimum atomic E-state index is -0.315. The maximum Gasteiger partial charge on any atom is 0.274 e. The zero-order chi connectivity index (χ0) is 17.5. The quantitative estimate of drug-likeness (QED) is 0.885. The van der Waals surface area contributed by atoms with Crippen LogP contribution < -0.4 is 5.32 Å². The molecule has 0 saturated carbocycles. The van der Waals surface area contributed by atoms with Crippen LogP contribution in [0.1, 0.15) is 47.2 Å². The van der Waals surface area contributed by atoms with Gasteiger partial charge in [-0.3, -0.25) is 14.6 Å². The second kappa shape index (κ2) is 8.24. The molecule has 2 amide bonds. The van der Waals surface area contributed by atoms with Gasteiger partial charge in [0.1, 0.15) is 5.69 Å². The van der Waals surface area contributed by atoms with Gasteiger partial charge in [0.2, 0.25) is 0 Å². The van der Waals surface area contributed by atoms with Crippen molar-refractivity contribution in [3.05, 3.63) is 59.4 Å². The monoisotopic (exact) mass is 325 g/mol. The molecule has 0 aliphatic rings. The fraction of sp³-hybridized carbons (Fsp3) is 0.316. The van der Waals surface area contributed by atoms with Crippen LogP contribution in [0.3, 0.4) is 0 Å². The van der Waals surface area contributed by atoms with E-state index in [1.807, 2.05) is 45.0 Å². The summed E-state index contributed by atoms with van der Waals surface area (Å²) >= 11 is 0. The van der Waals surface area contributed by atoms with Crippen LogP contribution in [0.25, 0.3) is 0 Å². The summed E-state index contributed by atoms with van der Waals surface area (Å²) in [6.45, 7) is 7.15. The Hall–Kier alpha value is -2.69. The largest absolute Gasteiger partial charge is 0.339 e. The van der Waals surface area contributed by atoms with Crippen molar-refractivity contribution in [2.75, 3.05) is 18.4 Å². The Morgan fingerprint density at radius 3 is 2.46 bits per heavy atom. The van der Waals surface area contributed by atoms with Crippen molar-refractivity contribution in [2.45, 2.75) is 27.2 Å². The van der Waals surface area contributed by atoms with Crippen LogP contribution in [-0.2, 0) is 6.42 Å². The second-order valence-corrected chi connectivity index (χ2v) is 5.37. The predicted octanol–water partition coefficient (Wildman–Crippen LogP) is 3.38. The molecule has 24 heavy (non-hydrogen) atoms. The number of para-hydroxylation sites is 1. The fourth-order valence-corrected chi connectivity index (χ4v) is 2.52. The average Bonchev–Trinajstić information content (AvgIpc) is 2.63. The molecule has 2 rings (SSSR count). The Labute approximate surface area is 142 Å². The first kappa shape index (κ1) is 17.7. The highest BCUT2D eigenvalue weighted by molar-refractivity contribution is 6.05. The molecular weight excluding hydrogens is 302 g/mol. The lowest BCUT2D eigenvalue weighted by Crippen LogP contribution is -2.30. The van der Waals surface area contributed by atoms with Crippen molar-refractivity contribution in [3.63, 3.8) is 0 Å². The lowest BCUT2D eigenvalue weighted by Gasteiger charge is -2.18. The molecule has 5 heteroatoms. The van der Waals surface area contributed by atoms with E-state index in [2.05, 4.69) is 10.3 Å². The van der Waals surface area contributed by atoms with Crippen LogP contribution in [-0.4, -0.2) is 34.8 Å². The van der Waals surface area contributed by atoms with Crippen molar-refractivity contribution in [1.82, 2.24) is 9.88 Å². The van der Waals surface area contributed by atoms with E-state index in [-0.39, 0.29) is 17.5 Å². The number of carbonyl (C=O) groups excluding carboxylic acids is 2. The minimum Gasteiger partial charge on any atom is -0.339 e. The number of hydrogen-bond donors (Lipinski definition) is 1. The number of pyridine rings is 1. The zero-order valence-corrected chi connectivity index (χ0v) is 14.4. The van der Waals surface area contributed by atoms with Crippen LogP contribution in [0.15, 0.2) is 42.6 Å². The first-order chi connectivity index (χ1) is 11.6. The summed E-state index contributed by atoms with van der Waals surface area (Å²) in [6.07, 6.45) is 2.32. The minimum absolute atomic E-state index is 0.0922. The van der Waals surface area contributed by atoms with E-state index in [9.17, 15) is 9.59 Å². The maximum absolute atomic E-state index is 12.5. The van der Waals surface area contributed by atoms with Gasteiger partial charge in [-0.05, 0) is 44.0 Å². The summed E-state index contributed by atoms with van der Waals surface area (Å²) in [5.41, 5.74) is 2.54. The lowest BCUT2D eigenvalue weighted by atomic mass is 10.1. The molecule has 0 spiro atoms. The van der Waals surface area contributed by atoms with Crippen molar-refractivity contribution >= 4 is 17.5 Å². The Bertz CT molecular complexity index is 724. The van der Waals surface area contributed by atoms with Gasteiger partial charge in [0.25, 0.3) is 11.8 Å². The first-order valence-electron chi connectivity index (χ1n) is 8.25. The van der Waals surface area contributed by atoms with Gasteiger partial charge in [0, 0.05) is 30.5 Å². The highest BCUT2D eigenvalue weighted by Crippen LogP contribution is 2.16. The average molecular weight is 325 g/mol. The summed E-state index contributed by atoms with van der Waals surface area (Å²) < 4.78 is 0. The number of aryl methyl sites for hydroxylation is 1. The third-order valence-corrected chi connectivity index (χ3v) is 3.94. The van der Waals surface area contributed by atoms with Crippen LogP contribution in [0.2, 0.25) is 0 Å². The molecule has 0 saturated heterocycles. The molecule has 0 atom stereocenters. The van der Waals surface area contributed by atoms with Gasteiger partial charge in [-0.15, -0.1) is 0 Å². The van der Waals surface area contributed by atoms with Crippen LogP contribution in [0.4, 0.5) is 5.69 Å². The first-order valence-corrected chi connectivity index (χ1v) is 8.25. The van der Waals surface area contributed by atoms with E-state index >= 15 is 0 Å². The molecule has 0 aliphatic carbocycles. The molecule has 0 fully saturated rings. The normalized spacial score (nSPS) is 10.3. The van der Waals surface area contributed by atoms with E-state index < -0.39 is 0 Å². The number of benzene rings is 1. The van der Waals surface area contributed by atoms with Gasteiger partial charge >= 0.3 is 0 Å². The molecule has 1 aromatic carbocycles. The number of aromatic nitrogens is 1. The summed E-state index contributed by atoms with van der Waals surface area (Å²) in [6, 6.07) is 10.8. The smallest absolute Gasteiger partial charge is 0.274 e. The van der Waals surface area contributed by atoms with Gasteiger partial charge < -0.3 is 10.2 Å². The summed E-state index contributed by atoms with van der Waals surface area (Å²) in [5, 5.41) is 2.87. The lowest BCUT2D eigenvalue weighted by molar-refractivity contribution is 0.0773. The van der Waals surface area contributed by atoms with Gasteiger partial charge in [-0.25, -0.2) is 0 Å². The van der Waals surface area contributed by atoms with Crippen LogP contribution in [0.5, 0.6) is 0 Å². The van der Waals surface area contributed by atoms with E-state index in [0.717, 1.165) is 17.7 Å². The Kier molecular flexibility index (Phi) is 6.07. The fourth-order valence-electron chi connectivity index (χ4n) is 2.52. The maximum atomic E-state index is 12.5. The van der Waals surface area contributed by atoms with Gasteiger partial charge in [-0.2, -0.15) is 0 Å². The molecule has 0 bridgehead atoms. The predicted molar refractivity (Wildman–Crippen MR) is 95.3 cm³/mol. The molecule has 1 heterocycles. The van der Waals surface area contributed by atoms with Crippen LogP contribution in [0, 0.1) is 0 Å². The molecule has 2 aromatic rings. The van der Waals surface area contributed by atoms with E-state index in [0.29, 0.717) is 18.7 Å². The number of amides is 2. The van der Waals surface area contributed by atoms with E-state index in [1.54, 1.807) is 17.0 Å². The Morgan fingerprint density at radius 1 is 1.08 bits per heavy atom. The van der Waals surface area contributed by atoms with Gasteiger partial charge in [-0.1, -0.05) is 25.1 Å². The van der Waals surface area contributed by atoms with Crippen molar-refractivity contribution < 1.29 is 9.59 Å². The molecule has 5 nitrogen and oxygen atoms in total. The standard InChI is InChI=1S/C19H23N3O2/c1-4-14-9-7-8-10-16(14)21-18(23)17-13-15(11-12-20-17)19(24)22(5-2)6-3/h7-13H,4-6H2,1-3H3,(H,21,23). The molecular formula is C19H23N3O2. The highest BCUT2D eigenvalue weighted by atomic mass is 16.2. The van der Waals surface area contributed by atoms with Crippen molar-refractivity contribution in [1.29, 1.82) is 0 Å². The third-order valence-electron chi connectivity index (χ3n) is 3.94. The van der Waals surface area contributed by atoms with Crippen molar-refractivity contribution in [3.8, 4) is 0 Å². The van der Waals surface area contributed by atoms with Gasteiger partial charge in [0.15, 0.2) is 0 Å². The topological polar surface area (TPSA) is 62.3 Å². The SMILES string of the molecule is CCc1ccccc1NC(=O)c1cc(C(=O)N(CC)CC)ccn1. The Morgan fingerprint density at radius 2 is 1.79 bits per heavy atom. The Balaban J connectivity index is 2.22. The molecule has 0 aliphatic heterocycles. The summed E-state index contributed by atoms with van der Waals surface area (Å²) in [7, 11) is 0. The number of rotatable bonds is 6. The number of hydrogen-bond acceptors (Lipinski definition) is 3. The van der Waals surface area contributed by atoms with E-state index in [4.69, 9.17) is 0 Å². The molecule has 0 radical (unpaired) electrons. The molecule has 0 unspecified atom stereocenters. The highest BCUT2D eigenvalue weighted by Gasteiger charge is 2.16. The van der Waals surface area contributed by atoms with Crippen molar-refractivity contribution in [2.24, 2.45) is 0 Å². The second-order valence-electron chi connectivity index (χ2n) is 5.37. The number of anilines is 1. The summed E-state index contributed by atoms with van der Waals surface area (Å²) in [4.78, 5) is 30.7. The van der Waals surface area contributed by atoms with Crippen LogP contribution >= 0.6 is 0 Å². The number of nitrogens with zero attached hydrogens (tertiary/aromatic N) is 2. The van der Waals surface area contributed by atoms with E-state index in [1.165, 1.54) is 6.20 Å². The molecule has 1 aromatic heterocycles.